The third-order valence-electron chi connectivity index (χ3n) is 6.10. The van der Waals surface area contributed by atoms with Gasteiger partial charge in [0.1, 0.15) is 0 Å². The molecule has 0 rings (SSSR count). The molecule has 0 unspecified atom stereocenters. The second-order valence-electron chi connectivity index (χ2n) is 9.11. The first-order chi connectivity index (χ1) is 15.2. The lowest BCUT2D eigenvalue weighted by Crippen LogP contribution is -2.19. The van der Waals surface area contributed by atoms with Gasteiger partial charge in [0, 0.05) is 13.5 Å². The van der Waals surface area contributed by atoms with Crippen molar-refractivity contribution in [2.24, 2.45) is 0 Å². The first-order valence-corrected chi connectivity index (χ1v) is 13.6. The number of carbonyl (C=O) groups is 2. The molecule has 0 atom stereocenters. The number of unbranched alkanes of at least 4 members (excludes halogenated alkanes) is 19. The van der Waals surface area contributed by atoms with E-state index in [1.165, 1.54) is 116 Å². The summed E-state index contributed by atoms with van der Waals surface area (Å²) in [5.74, 6) is -0.378. The summed E-state index contributed by atoms with van der Waals surface area (Å²) in [6, 6.07) is 0. The molecule has 0 aliphatic heterocycles. The van der Waals surface area contributed by atoms with Crippen molar-refractivity contribution in [3.63, 3.8) is 0 Å². The zero-order valence-electron chi connectivity index (χ0n) is 21.0. The first kappa shape index (κ1) is 29.9. The molecule has 0 aromatic carbocycles. The van der Waals surface area contributed by atoms with Crippen molar-refractivity contribution in [2.75, 3.05) is 13.7 Å². The van der Waals surface area contributed by atoms with Gasteiger partial charge in [-0.05, 0) is 6.42 Å². The van der Waals surface area contributed by atoms with Gasteiger partial charge in [0.2, 0.25) is 5.91 Å². The summed E-state index contributed by atoms with van der Waals surface area (Å²) in [6.45, 7) is 2.78. The minimum atomic E-state index is -0.263. The van der Waals surface area contributed by atoms with Crippen molar-refractivity contribution in [3.8, 4) is 0 Å². The molecule has 0 aliphatic rings. The molecule has 1 amide bonds. The smallest absolute Gasteiger partial charge is 0.306 e. The van der Waals surface area contributed by atoms with E-state index in [0.29, 0.717) is 6.61 Å². The van der Waals surface area contributed by atoms with E-state index in [4.69, 9.17) is 4.74 Å². The quantitative estimate of drug-likeness (QED) is 0.123. The van der Waals surface area contributed by atoms with Crippen molar-refractivity contribution < 1.29 is 14.3 Å². The van der Waals surface area contributed by atoms with Crippen LogP contribution in [-0.4, -0.2) is 25.5 Å². The fourth-order valence-electron chi connectivity index (χ4n) is 3.96. The SMILES string of the molecule is CCCCCCCCCCCCCCCCCCCCCCOC(=O)CCC(=O)NC. The maximum Gasteiger partial charge on any atom is 0.306 e. The van der Waals surface area contributed by atoms with Gasteiger partial charge in [-0.25, -0.2) is 0 Å². The fraction of sp³-hybridized carbons (Fsp3) is 0.926. The van der Waals surface area contributed by atoms with Crippen LogP contribution >= 0.6 is 0 Å². The van der Waals surface area contributed by atoms with E-state index < -0.39 is 0 Å². The van der Waals surface area contributed by atoms with Crippen LogP contribution in [0.1, 0.15) is 148 Å². The van der Waals surface area contributed by atoms with E-state index >= 15 is 0 Å². The van der Waals surface area contributed by atoms with E-state index in [1.807, 2.05) is 0 Å². The molecule has 0 saturated carbocycles. The Labute approximate surface area is 193 Å². The standard InChI is InChI=1S/C27H53NO3/c1-3-4-5-6-7-8-9-10-11-12-13-14-15-16-17-18-19-20-21-22-25-31-27(30)24-23-26(29)28-2/h3-25H2,1-2H3,(H,28,29). The van der Waals surface area contributed by atoms with Crippen molar-refractivity contribution in [1.82, 2.24) is 5.32 Å². The molecule has 0 aromatic heterocycles. The Morgan fingerprint density at radius 3 is 1.26 bits per heavy atom. The Bertz CT molecular complexity index is 398. The van der Waals surface area contributed by atoms with Crippen LogP contribution in [-0.2, 0) is 14.3 Å². The number of amides is 1. The van der Waals surface area contributed by atoms with E-state index in [0.717, 1.165) is 12.8 Å². The maximum absolute atomic E-state index is 11.5. The highest BCUT2D eigenvalue weighted by molar-refractivity contribution is 5.80. The number of esters is 1. The van der Waals surface area contributed by atoms with Crippen molar-refractivity contribution >= 4 is 11.9 Å². The molecule has 31 heavy (non-hydrogen) atoms. The minimum Gasteiger partial charge on any atom is -0.466 e. The van der Waals surface area contributed by atoms with E-state index in [1.54, 1.807) is 7.05 Å². The molecule has 4 nitrogen and oxygen atoms in total. The Kier molecular flexibility index (Phi) is 24.3. The lowest BCUT2D eigenvalue weighted by Gasteiger charge is -2.05. The van der Waals surface area contributed by atoms with Gasteiger partial charge in [-0.3, -0.25) is 9.59 Å². The Balaban J connectivity index is 3.11. The Hall–Kier alpha value is -1.06. The fourth-order valence-corrected chi connectivity index (χ4v) is 3.96. The van der Waals surface area contributed by atoms with Crippen LogP contribution in [0.4, 0.5) is 0 Å². The molecule has 1 N–H and O–H groups in total. The third-order valence-corrected chi connectivity index (χ3v) is 6.10. The van der Waals surface area contributed by atoms with Crippen molar-refractivity contribution in [2.45, 2.75) is 148 Å². The molecule has 184 valence electrons. The normalized spacial score (nSPS) is 10.9. The van der Waals surface area contributed by atoms with Crippen LogP contribution in [0.3, 0.4) is 0 Å². The zero-order valence-corrected chi connectivity index (χ0v) is 21.0. The number of nitrogens with one attached hydrogen (secondary N) is 1. The van der Waals surface area contributed by atoms with Gasteiger partial charge in [0.25, 0.3) is 0 Å². The summed E-state index contributed by atoms with van der Waals surface area (Å²) >= 11 is 0. The summed E-state index contributed by atoms with van der Waals surface area (Å²) in [6.07, 6.45) is 27.7. The van der Waals surface area contributed by atoms with E-state index in [2.05, 4.69) is 12.2 Å². The average Bonchev–Trinajstić information content (AvgIpc) is 2.78. The highest BCUT2D eigenvalue weighted by atomic mass is 16.5. The summed E-state index contributed by atoms with van der Waals surface area (Å²) in [5, 5.41) is 2.51. The van der Waals surface area contributed by atoms with Crippen LogP contribution in [0.2, 0.25) is 0 Å². The van der Waals surface area contributed by atoms with Gasteiger partial charge >= 0.3 is 5.97 Å². The monoisotopic (exact) mass is 439 g/mol. The average molecular weight is 440 g/mol. The topological polar surface area (TPSA) is 55.4 Å². The predicted octanol–water partition coefficient (Wildman–Crippen LogP) is 7.88. The van der Waals surface area contributed by atoms with Gasteiger partial charge in [-0.2, -0.15) is 0 Å². The molecule has 0 aliphatic carbocycles. The summed E-state index contributed by atoms with van der Waals surface area (Å²) in [5.41, 5.74) is 0. The van der Waals surface area contributed by atoms with Crippen molar-refractivity contribution in [1.29, 1.82) is 0 Å². The van der Waals surface area contributed by atoms with Crippen LogP contribution < -0.4 is 5.32 Å². The van der Waals surface area contributed by atoms with Gasteiger partial charge in [-0.1, -0.05) is 129 Å². The maximum atomic E-state index is 11.5. The number of hydrogen-bond acceptors (Lipinski definition) is 3. The van der Waals surface area contributed by atoms with E-state index in [9.17, 15) is 9.59 Å². The second kappa shape index (κ2) is 25.2. The van der Waals surface area contributed by atoms with Gasteiger partial charge in [0.15, 0.2) is 0 Å². The molecule has 0 radical (unpaired) electrons. The third kappa shape index (κ3) is 25.1. The van der Waals surface area contributed by atoms with Crippen LogP contribution in [0.15, 0.2) is 0 Å². The molecule has 0 spiro atoms. The molecule has 0 bridgehead atoms. The molecule has 0 heterocycles. The predicted molar refractivity (Wildman–Crippen MR) is 132 cm³/mol. The second-order valence-corrected chi connectivity index (χ2v) is 9.11. The van der Waals surface area contributed by atoms with E-state index in [-0.39, 0.29) is 24.7 Å². The lowest BCUT2D eigenvalue weighted by molar-refractivity contribution is -0.145. The Morgan fingerprint density at radius 2 is 0.903 bits per heavy atom. The van der Waals surface area contributed by atoms with Crippen LogP contribution in [0, 0.1) is 0 Å². The minimum absolute atomic E-state index is 0.115. The van der Waals surface area contributed by atoms with Crippen LogP contribution in [0.5, 0.6) is 0 Å². The summed E-state index contributed by atoms with van der Waals surface area (Å²) in [4.78, 5) is 22.5. The molecule has 0 aromatic rings. The molecular weight excluding hydrogens is 386 g/mol. The Morgan fingerprint density at radius 1 is 0.548 bits per heavy atom. The summed E-state index contributed by atoms with van der Waals surface area (Å²) < 4.78 is 5.15. The van der Waals surface area contributed by atoms with Gasteiger partial charge in [-0.15, -0.1) is 0 Å². The van der Waals surface area contributed by atoms with Crippen LogP contribution in [0.25, 0.3) is 0 Å². The van der Waals surface area contributed by atoms with Gasteiger partial charge in [0.05, 0.1) is 13.0 Å². The highest BCUT2D eigenvalue weighted by Gasteiger charge is 2.06. The molecular formula is C27H53NO3. The van der Waals surface area contributed by atoms with Gasteiger partial charge < -0.3 is 10.1 Å². The molecule has 4 heteroatoms. The number of ether oxygens (including phenoxy) is 1. The summed E-state index contributed by atoms with van der Waals surface area (Å²) in [7, 11) is 1.58. The zero-order chi connectivity index (χ0) is 22.8. The molecule has 0 saturated heterocycles. The first-order valence-electron chi connectivity index (χ1n) is 13.6. The number of hydrogen-bond donors (Lipinski definition) is 1. The largest absolute Gasteiger partial charge is 0.466 e. The number of carbonyl (C=O) groups excluding carboxylic acids is 2. The number of rotatable bonds is 24. The molecule has 0 fully saturated rings. The lowest BCUT2D eigenvalue weighted by atomic mass is 10.0. The highest BCUT2D eigenvalue weighted by Crippen LogP contribution is 2.14. The van der Waals surface area contributed by atoms with Crippen molar-refractivity contribution in [3.05, 3.63) is 0 Å².